The number of esters is 1. The minimum absolute atomic E-state index is 0.0264. The van der Waals surface area contributed by atoms with Crippen LogP contribution in [0, 0.1) is 5.92 Å². The highest BCUT2D eigenvalue weighted by Crippen LogP contribution is 2.28. The van der Waals surface area contributed by atoms with E-state index in [9.17, 15) is 9.59 Å². The van der Waals surface area contributed by atoms with Crippen LogP contribution < -0.4 is 4.90 Å². The van der Waals surface area contributed by atoms with Crippen molar-refractivity contribution in [2.75, 3.05) is 31.1 Å². The smallest absolute Gasteiger partial charge is 0.310 e. The SMILES string of the molecule is CCOC(=O)[C@@H]1CCCN(C(=O)c2cccc(CSc3nc(CC)cc(N4CCCC[C@H]4C)n3)c2)C1. The lowest BCUT2D eigenvalue weighted by Crippen LogP contribution is -2.42. The van der Waals surface area contributed by atoms with E-state index >= 15 is 0 Å². The maximum Gasteiger partial charge on any atom is 0.310 e. The first kappa shape index (κ1) is 26.5. The second kappa shape index (κ2) is 12.6. The molecule has 3 heterocycles. The Bertz CT molecular complexity index is 1060. The zero-order valence-corrected chi connectivity index (χ0v) is 22.6. The van der Waals surface area contributed by atoms with Gasteiger partial charge in [-0.25, -0.2) is 9.97 Å². The van der Waals surface area contributed by atoms with Gasteiger partial charge in [0.25, 0.3) is 5.91 Å². The van der Waals surface area contributed by atoms with Gasteiger partial charge in [0.05, 0.1) is 12.5 Å². The predicted octanol–water partition coefficient (Wildman–Crippen LogP) is 5.13. The molecule has 0 spiro atoms. The Morgan fingerprint density at radius 2 is 1.94 bits per heavy atom. The van der Waals surface area contributed by atoms with E-state index in [2.05, 4.69) is 24.8 Å². The summed E-state index contributed by atoms with van der Waals surface area (Å²) in [5, 5.41) is 0.784. The Labute approximate surface area is 219 Å². The molecular formula is C28H38N4O3S. The van der Waals surface area contributed by atoms with Crippen molar-refractivity contribution in [3.63, 3.8) is 0 Å². The molecule has 0 aliphatic carbocycles. The minimum atomic E-state index is -0.235. The van der Waals surface area contributed by atoms with Gasteiger partial charge in [0.2, 0.25) is 0 Å². The summed E-state index contributed by atoms with van der Waals surface area (Å²) in [7, 11) is 0. The number of thioether (sulfide) groups is 1. The van der Waals surface area contributed by atoms with Crippen LogP contribution in [-0.4, -0.2) is 59.0 Å². The summed E-state index contributed by atoms with van der Waals surface area (Å²) in [5.41, 5.74) is 2.78. The molecule has 0 N–H and O–H groups in total. The quantitative estimate of drug-likeness (QED) is 0.277. The fourth-order valence-corrected chi connectivity index (χ4v) is 5.84. The van der Waals surface area contributed by atoms with E-state index in [0.29, 0.717) is 37.1 Å². The number of anilines is 1. The lowest BCUT2D eigenvalue weighted by atomic mass is 9.97. The molecular weight excluding hydrogens is 472 g/mol. The Hall–Kier alpha value is -2.61. The number of aryl methyl sites for hydroxylation is 1. The van der Waals surface area contributed by atoms with Crippen molar-refractivity contribution in [2.45, 2.75) is 76.2 Å². The molecule has 2 aliphatic heterocycles. The minimum Gasteiger partial charge on any atom is -0.466 e. The van der Waals surface area contributed by atoms with Gasteiger partial charge in [0, 0.05) is 48.8 Å². The second-order valence-corrected chi connectivity index (χ2v) is 10.7. The molecule has 1 aromatic heterocycles. The summed E-state index contributed by atoms with van der Waals surface area (Å²) in [6.45, 7) is 8.72. The third-order valence-corrected chi connectivity index (χ3v) is 7.99. The summed E-state index contributed by atoms with van der Waals surface area (Å²) in [6.07, 6.45) is 6.14. The number of nitrogens with zero attached hydrogens (tertiary/aromatic N) is 4. The maximum absolute atomic E-state index is 13.2. The summed E-state index contributed by atoms with van der Waals surface area (Å²) in [6, 6.07) is 10.4. The van der Waals surface area contributed by atoms with E-state index in [1.54, 1.807) is 16.7 Å². The lowest BCUT2D eigenvalue weighted by Gasteiger charge is -2.34. The average molecular weight is 511 g/mol. The number of amides is 1. The van der Waals surface area contributed by atoms with Crippen LogP contribution in [0.15, 0.2) is 35.5 Å². The van der Waals surface area contributed by atoms with Gasteiger partial charge >= 0.3 is 5.97 Å². The normalized spacial score (nSPS) is 20.3. The molecule has 0 bridgehead atoms. The fraction of sp³-hybridized carbons (Fsp3) is 0.571. The largest absolute Gasteiger partial charge is 0.466 e. The Balaban J connectivity index is 1.43. The van der Waals surface area contributed by atoms with E-state index < -0.39 is 0 Å². The van der Waals surface area contributed by atoms with Crippen molar-refractivity contribution in [3.8, 4) is 0 Å². The van der Waals surface area contributed by atoms with Crippen LogP contribution in [0.3, 0.4) is 0 Å². The van der Waals surface area contributed by atoms with E-state index in [0.717, 1.165) is 48.0 Å². The number of hydrogen-bond acceptors (Lipinski definition) is 7. The number of likely N-dealkylation sites (tertiary alicyclic amines) is 1. The molecule has 0 radical (unpaired) electrons. The van der Waals surface area contributed by atoms with Crippen LogP contribution >= 0.6 is 11.8 Å². The van der Waals surface area contributed by atoms with Crippen molar-refractivity contribution < 1.29 is 14.3 Å². The second-order valence-electron chi connectivity index (χ2n) is 9.72. The number of aromatic nitrogens is 2. The van der Waals surface area contributed by atoms with Gasteiger partial charge in [0.15, 0.2) is 5.16 Å². The first-order valence-corrected chi connectivity index (χ1v) is 14.3. The highest BCUT2D eigenvalue weighted by atomic mass is 32.2. The maximum atomic E-state index is 13.2. The fourth-order valence-electron chi connectivity index (χ4n) is 5.03. The topological polar surface area (TPSA) is 75.6 Å². The molecule has 8 heteroatoms. The average Bonchev–Trinajstić information content (AvgIpc) is 2.92. The van der Waals surface area contributed by atoms with E-state index in [4.69, 9.17) is 14.7 Å². The zero-order chi connectivity index (χ0) is 25.5. The van der Waals surface area contributed by atoms with E-state index in [-0.39, 0.29) is 17.8 Å². The molecule has 1 amide bonds. The molecule has 4 rings (SSSR count). The van der Waals surface area contributed by atoms with Crippen LogP contribution in [0.4, 0.5) is 5.82 Å². The summed E-state index contributed by atoms with van der Waals surface area (Å²) >= 11 is 1.61. The van der Waals surface area contributed by atoms with E-state index in [1.807, 2.05) is 31.2 Å². The molecule has 0 saturated carbocycles. The molecule has 194 valence electrons. The van der Waals surface area contributed by atoms with Crippen molar-refractivity contribution in [1.82, 2.24) is 14.9 Å². The summed E-state index contributed by atoms with van der Waals surface area (Å²) in [4.78, 5) is 39.3. The van der Waals surface area contributed by atoms with Crippen molar-refractivity contribution in [1.29, 1.82) is 0 Å². The van der Waals surface area contributed by atoms with Crippen LogP contribution in [0.1, 0.15) is 74.5 Å². The third kappa shape index (κ3) is 6.58. The van der Waals surface area contributed by atoms with Gasteiger partial charge < -0.3 is 14.5 Å². The molecule has 2 aliphatic rings. The zero-order valence-electron chi connectivity index (χ0n) is 21.7. The van der Waals surface area contributed by atoms with Crippen LogP contribution in [0.25, 0.3) is 0 Å². The van der Waals surface area contributed by atoms with Crippen LogP contribution in [0.5, 0.6) is 0 Å². The molecule has 0 unspecified atom stereocenters. The molecule has 7 nitrogen and oxygen atoms in total. The number of carbonyl (C=O) groups excluding carboxylic acids is 2. The Morgan fingerprint density at radius 1 is 1.08 bits per heavy atom. The predicted molar refractivity (Wildman–Crippen MR) is 143 cm³/mol. The molecule has 1 aromatic carbocycles. The highest BCUT2D eigenvalue weighted by molar-refractivity contribution is 7.98. The molecule has 2 saturated heterocycles. The number of piperidine rings is 2. The van der Waals surface area contributed by atoms with Gasteiger partial charge in [-0.3, -0.25) is 9.59 Å². The molecule has 2 atom stereocenters. The third-order valence-electron chi connectivity index (χ3n) is 7.08. The van der Waals surface area contributed by atoms with Crippen molar-refractivity contribution >= 4 is 29.5 Å². The Morgan fingerprint density at radius 3 is 2.72 bits per heavy atom. The summed E-state index contributed by atoms with van der Waals surface area (Å²) < 4.78 is 5.18. The van der Waals surface area contributed by atoms with E-state index in [1.165, 1.54) is 19.3 Å². The highest BCUT2D eigenvalue weighted by Gasteiger charge is 2.30. The van der Waals surface area contributed by atoms with Crippen LogP contribution in [0.2, 0.25) is 0 Å². The molecule has 36 heavy (non-hydrogen) atoms. The van der Waals surface area contributed by atoms with Crippen molar-refractivity contribution in [2.24, 2.45) is 5.92 Å². The number of benzene rings is 1. The monoisotopic (exact) mass is 510 g/mol. The standard InChI is InChI=1S/C28H38N4O3S/c1-4-24-17-25(32-15-7-6-10-20(32)3)30-28(29-24)36-19-21-11-8-12-22(16-21)26(33)31-14-9-13-23(18-31)27(34)35-5-2/h8,11-12,16-17,20,23H,4-7,9-10,13-15,18-19H2,1-3H3/t20-,23-/m1/s1. The number of ether oxygens (including phenoxy) is 1. The van der Waals surface area contributed by atoms with Gasteiger partial charge in [-0.05, 0) is 70.1 Å². The Kier molecular flexibility index (Phi) is 9.24. The van der Waals surface area contributed by atoms with Gasteiger partial charge in [-0.15, -0.1) is 0 Å². The number of carbonyl (C=O) groups is 2. The van der Waals surface area contributed by atoms with Gasteiger partial charge in [0.1, 0.15) is 5.82 Å². The number of hydrogen-bond donors (Lipinski definition) is 0. The van der Waals surface area contributed by atoms with Crippen LogP contribution in [-0.2, 0) is 21.7 Å². The molecule has 2 aromatic rings. The first-order valence-electron chi connectivity index (χ1n) is 13.3. The lowest BCUT2D eigenvalue weighted by molar-refractivity contribution is -0.149. The number of rotatable bonds is 8. The summed E-state index contributed by atoms with van der Waals surface area (Å²) in [5.74, 6) is 1.26. The molecule has 2 fully saturated rings. The van der Waals surface area contributed by atoms with Gasteiger partial charge in [-0.2, -0.15) is 0 Å². The first-order chi connectivity index (χ1) is 17.5. The van der Waals surface area contributed by atoms with Crippen molar-refractivity contribution in [3.05, 3.63) is 47.2 Å². The van der Waals surface area contributed by atoms with Gasteiger partial charge in [-0.1, -0.05) is 30.8 Å².